The predicted octanol–water partition coefficient (Wildman–Crippen LogP) is 2.26. The van der Waals surface area contributed by atoms with Crippen LogP contribution >= 0.6 is 11.8 Å². The van der Waals surface area contributed by atoms with E-state index < -0.39 is 59.8 Å². The second-order valence-electron chi connectivity index (χ2n) is 12.8. The van der Waals surface area contributed by atoms with Gasteiger partial charge in [0.25, 0.3) is 0 Å². The van der Waals surface area contributed by atoms with Gasteiger partial charge in [0.1, 0.15) is 30.2 Å². The molecule has 258 valence electrons. The zero-order chi connectivity index (χ0) is 34.8. The van der Waals surface area contributed by atoms with Crippen molar-refractivity contribution in [3.8, 4) is 0 Å². The van der Waals surface area contributed by atoms with Crippen molar-refractivity contribution >= 4 is 47.8 Å². The Kier molecular flexibility index (Phi) is 18.7. The summed E-state index contributed by atoms with van der Waals surface area (Å²) in [5, 5.41) is 23.1. The standard InChI is InChI=1S/C33H53N5O7S/c1-20(2)15-25(35-29(40)24(34-19-39)13-14-46-7)30(41)36-26(16-21(3)4)31(42)37-27(17-22(5)6)32(43)38-28(33(44)45)18-23-11-9-8-10-12-23/h8-12,19-22,24-28H,13-18H2,1-7H3,(H,34,39)(H,35,40)(H,36,41)(H,37,42)(H,38,43)(H,44,45)/t24-,25-,26-,27-,28-/m0/s1. The maximum atomic E-state index is 13.6. The van der Waals surface area contributed by atoms with Crippen LogP contribution in [0.5, 0.6) is 0 Å². The number of hydrogen-bond acceptors (Lipinski definition) is 7. The normalized spacial score (nSPS) is 14.5. The fraction of sp³-hybridized carbons (Fsp3) is 0.636. The van der Waals surface area contributed by atoms with Crippen LogP contribution in [0.15, 0.2) is 30.3 Å². The van der Waals surface area contributed by atoms with Crippen molar-refractivity contribution < 1.29 is 33.9 Å². The maximum Gasteiger partial charge on any atom is 0.326 e. The number of nitrogens with one attached hydrogen (secondary N) is 5. The topological polar surface area (TPSA) is 183 Å². The highest BCUT2D eigenvalue weighted by molar-refractivity contribution is 7.98. The SMILES string of the molecule is CSCC[C@H](NC=O)C(=O)N[C@@H](CC(C)C)C(=O)N[C@@H](CC(C)C)C(=O)N[C@@H](CC(C)C)C(=O)N[C@@H](Cc1ccccc1)C(=O)O. The third kappa shape index (κ3) is 15.6. The second kappa shape index (κ2) is 21.2. The molecule has 13 heteroatoms. The van der Waals surface area contributed by atoms with Crippen LogP contribution in [0, 0.1) is 17.8 Å². The zero-order valence-electron chi connectivity index (χ0n) is 28.1. The number of amides is 5. The van der Waals surface area contributed by atoms with E-state index >= 15 is 0 Å². The Balaban J connectivity index is 3.16. The van der Waals surface area contributed by atoms with Crippen molar-refractivity contribution in [1.29, 1.82) is 0 Å². The highest BCUT2D eigenvalue weighted by atomic mass is 32.2. The first-order valence-electron chi connectivity index (χ1n) is 15.8. The summed E-state index contributed by atoms with van der Waals surface area (Å²) in [5.41, 5.74) is 0.736. The lowest BCUT2D eigenvalue weighted by Gasteiger charge is -2.28. The molecule has 1 aromatic carbocycles. The summed E-state index contributed by atoms with van der Waals surface area (Å²) in [4.78, 5) is 76.7. The molecule has 0 aliphatic rings. The van der Waals surface area contributed by atoms with E-state index in [1.807, 2.05) is 53.9 Å². The Labute approximate surface area is 277 Å². The van der Waals surface area contributed by atoms with Gasteiger partial charge in [0.05, 0.1) is 0 Å². The van der Waals surface area contributed by atoms with Gasteiger partial charge in [-0.1, -0.05) is 71.9 Å². The van der Waals surface area contributed by atoms with Gasteiger partial charge in [-0.25, -0.2) is 4.79 Å². The zero-order valence-corrected chi connectivity index (χ0v) is 28.9. The first-order chi connectivity index (χ1) is 21.7. The van der Waals surface area contributed by atoms with Gasteiger partial charge in [0.15, 0.2) is 0 Å². The molecule has 12 nitrogen and oxygen atoms in total. The average molecular weight is 664 g/mol. The van der Waals surface area contributed by atoms with Gasteiger partial charge >= 0.3 is 5.97 Å². The number of hydrogen-bond donors (Lipinski definition) is 6. The summed E-state index contributed by atoms with van der Waals surface area (Å²) in [5.74, 6) is -2.86. The van der Waals surface area contributed by atoms with Gasteiger partial charge in [-0.3, -0.25) is 24.0 Å². The lowest BCUT2D eigenvalue weighted by atomic mass is 9.98. The number of carboxylic acids is 1. The van der Waals surface area contributed by atoms with Crippen LogP contribution in [0.3, 0.4) is 0 Å². The summed E-state index contributed by atoms with van der Waals surface area (Å²) < 4.78 is 0. The van der Waals surface area contributed by atoms with Crippen LogP contribution in [-0.4, -0.2) is 83.3 Å². The van der Waals surface area contributed by atoms with E-state index in [4.69, 9.17) is 0 Å². The molecule has 5 amide bonds. The monoisotopic (exact) mass is 663 g/mol. The highest BCUT2D eigenvalue weighted by Crippen LogP contribution is 2.12. The number of rotatable bonds is 22. The lowest BCUT2D eigenvalue weighted by molar-refractivity contribution is -0.142. The third-order valence-electron chi connectivity index (χ3n) is 7.11. The van der Waals surface area contributed by atoms with Crippen LogP contribution < -0.4 is 26.6 Å². The average Bonchev–Trinajstić information content (AvgIpc) is 2.97. The van der Waals surface area contributed by atoms with Crippen molar-refractivity contribution in [2.45, 2.75) is 104 Å². The molecule has 0 aromatic heterocycles. The minimum Gasteiger partial charge on any atom is -0.480 e. The molecule has 46 heavy (non-hydrogen) atoms. The molecule has 0 fully saturated rings. The molecule has 1 rings (SSSR count). The Hall–Kier alpha value is -3.61. The Bertz CT molecular complexity index is 1130. The van der Waals surface area contributed by atoms with Crippen LogP contribution in [0.2, 0.25) is 0 Å². The smallest absolute Gasteiger partial charge is 0.326 e. The number of carboxylic acid groups (broad SMARTS) is 1. The third-order valence-corrected chi connectivity index (χ3v) is 7.76. The number of carbonyl (C=O) groups excluding carboxylic acids is 5. The van der Waals surface area contributed by atoms with Gasteiger partial charge < -0.3 is 31.7 Å². The van der Waals surface area contributed by atoms with Crippen molar-refractivity contribution in [2.24, 2.45) is 17.8 Å². The number of aliphatic carboxylic acids is 1. The summed E-state index contributed by atoms with van der Waals surface area (Å²) in [6.07, 6.45) is 3.58. The molecule has 0 aliphatic carbocycles. The molecule has 0 unspecified atom stereocenters. The largest absolute Gasteiger partial charge is 0.480 e. The van der Waals surface area contributed by atoms with Crippen molar-refractivity contribution in [3.05, 3.63) is 35.9 Å². The second-order valence-corrected chi connectivity index (χ2v) is 13.8. The predicted molar refractivity (Wildman–Crippen MR) is 180 cm³/mol. The van der Waals surface area contributed by atoms with Crippen LogP contribution in [-0.2, 0) is 35.2 Å². The molecule has 0 aliphatic heterocycles. The van der Waals surface area contributed by atoms with E-state index in [2.05, 4.69) is 26.6 Å². The number of carbonyl (C=O) groups is 6. The Morgan fingerprint density at radius 3 is 1.41 bits per heavy atom. The van der Waals surface area contributed by atoms with Crippen LogP contribution in [0.4, 0.5) is 0 Å². The fourth-order valence-electron chi connectivity index (χ4n) is 4.86. The summed E-state index contributed by atoms with van der Waals surface area (Å²) >= 11 is 1.52. The summed E-state index contributed by atoms with van der Waals surface area (Å²) in [6, 6.07) is 3.86. The van der Waals surface area contributed by atoms with E-state index in [0.29, 0.717) is 25.0 Å². The molecule has 0 spiro atoms. The Morgan fingerprint density at radius 2 is 1.07 bits per heavy atom. The van der Waals surface area contributed by atoms with Crippen LogP contribution in [0.25, 0.3) is 0 Å². The Morgan fingerprint density at radius 1 is 0.674 bits per heavy atom. The molecule has 0 bridgehead atoms. The van der Waals surface area contributed by atoms with Crippen LogP contribution in [0.1, 0.15) is 72.8 Å². The van der Waals surface area contributed by atoms with E-state index in [1.54, 1.807) is 24.3 Å². The summed E-state index contributed by atoms with van der Waals surface area (Å²) in [7, 11) is 0. The van der Waals surface area contributed by atoms with Gasteiger partial charge in [0, 0.05) is 6.42 Å². The number of benzene rings is 1. The van der Waals surface area contributed by atoms with E-state index in [9.17, 15) is 33.9 Å². The number of thioether (sulfide) groups is 1. The van der Waals surface area contributed by atoms with Gasteiger partial charge in [-0.05, 0) is 61.0 Å². The van der Waals surface area contributed by atoms with Gasteiger partial charge in [0.2, 0.25) is 30.0 Å². The fourth-order valence-corrected chi connectivity index (χ4v) is 5.33. The summed E-state index contributed by atoms with van der Waals surface area (Å²) in [6.45, 7) is 11.3. The van der Waals surface area contributed by atoms with E-state index in [1.165, 1.54) is 11.8 Å². The molecule has 0 radical (unpaired) electrons. The molecule has 6 N–H and O–H groups in total. The molecule has 0 heterocycles. The first kappa shape index (κ1) is 40.4. The molecular weight excluding hydrogens is 610 g/mol. The van der Waals surface area contributed by atoms with E-state index in [0.717, 1.165) is 5.56 Å². The quantitative estimate of drug-likeness (QED) is 0.102. The first-order valence-corrected chi connectivity index (χ1v) is 17.2. The van der Waals surface area contributed by atoms with Crippen molar-refractivity contribution in [2.75, 3.05) is 12.0 Å². The van der Waals surface area contributed by atoms with Gasteiger partial charge in [-0.2, -0.15) is 11.8 Å². The van der Waals surface area contributed by atoms with Crippen molar-refractivity contribution in [3.63, 3.8) is 0 Å². The molecular formula is C33H53N5O7S. The minimum atomic E-state index is -1.21. The lowest BCUT2D eigenvalue weighted by Crippen LogP contribution is -2.59. The maximum absolute atomic E-state index is 13.6. The van der Waals surface area contributed by atoms with Crippen molar-refractivity contribution in [1.82, 2.24) is 26.6 Å². The van der Waals surface area contributed by atoms with Gasteiger partial charge in [-0.15, -0.1) is 0 Å². The molecule has 0 saturated heterocycles. The highest BCUT2D eigenvalue weighted by Gasteiger charge is 2.33. The molecule has 5 atom stereocenters. The van der Waals surface area contributed by atoms with E-state index in [-0.39, 0.29) is 37.0 Å². The molecule has 0 saturated carbocycles. The molecule has 1 aromatic rings. The minimum absolute atomic E-state index is 0.0125.